The Morgan fingerprint density at radius 3 is 2.80 bits per heavy atom. The van der Waals surface area contributed by atoms with E-state index in [1.807, 2.05) is 0 Å². The zero-order valence-electron chi connectivity index (χ0n) is 5.64. The topological polar surface area (TPSA) is 32.9 Å². The summed E-state index contributed by atoms with van der Waals surface area (Å²) in [6.45, 7) is 1.77. The number of terminal acetylenes is 1. The predicted octanol–water partition coefficient (Wildman–Crippen LogP) is 0.665. The number of pyridine rings is 1. The summed E-state index contributed by atoms with van der Waals surface area (Å²) in [7, 11) is 0. The normalized spacial score (nSPS) is 8.80. The molecule has 50 valence electrons. The Hall–Kier alpha value is -1.49. The van der Waals surface area contributed by atoms with E-state index >= 15 is 0 Å². The molecule has 2 nitrogen and oxygen atoms in total. The smallest absolute Gasteiger partial charge is 0.197 e. The van der Waals surface area contributed by atoms with Gasteiger partial charge in [-0.1, -0.05) is 5.92 Å². The Labute approximate surface area is 58.9 Å². The van der Waals surface area contributed by atoms with Crippen molar-refractivity contribution < 1.29 is 0 Å². The van der Waals surface area contributed by atoms with Gasteiger partial charge in [-0.05, 0) is 6.92 Å². The number of hydrogen-bond acceptors (Lipinski definition) is 1. The molecule has 0 fully saturated rings. The van der Waals surface area contributed by atoms with Gasteiger partial charge in [0.1, 0.15) is 0 Å². The molecule has 2 heteroatoms. The summed E-state index contributed by atoms with van der Waals surface area (Å²) in [5.74, 6) is 2.32. The number of aromatic amines is 1. The fourth-order valence-electron chi connectivity index (χ4n) is 0.762. The van der Waals surface area contributed by atoms with Crippen LogP contribution in [0.4, 0.5) is 0 Å². The summed E-state index contributed by atoms with van der Waals surface area (Å²) in [4.78, 5) is 13.8. The first-order valence-electron chi connectivity index (χ1n) is 2.90. The van der Waals surface area contributed by atoms with Gasteiger partial charge in [0.15, 0.2) is 5.43 Å². The highest BCUT2D eigenvalue weighted by Crippen LogP contribution is 1.92. The van der Waals surface area contributed by atoms with Crippen LogP contribution in [0.2, 0.25) is 0 Å². The lowest BCUT2D eigenvalue weighted by Gasteiger charge is -1.93. The highest BCUT2D eigenvalue weighted by molar-refractivity contribution is 5.34. The van der Waals surface area contributed by atoms with E-state index in [2.05, 4.69) is 10.9 Å². The number of hydrogen-bond donors (Lipinski definition) is 1. The SMILES string of the molecule is C#Cc1c(C)[nH]ccc1=O. The average Bonchev–Trinajstić information content (AvgIpc) is 1.88. The first-order valence-corrected chi connectivity index (χ1v) is 2.90. The molecule has 0 spiro atoms. The third-order valence-electron chi connectivity index (χ3n) is 1.30. The molecule has 0 unspecified atom stereocenters. The molecular weight excluding hydrogens is 126 g/mol. The van der Waals surface area contributed by atoms with Crippen molar-refractivity contribution in [1.82, 2.24) is 4.98 Å². The van der Waals surface area contributed by atoms with E-state index in [-0.39, 0.29) is 5.43 Å². The fraction of sp³-hybridized carbons (Fsp3) is 0.125. The maximum Gasteiger partial charge on any atom is 0.197 e. The van der Waals surface area contributed by atoms with Gasteiger partial charge < -0.3 is 4.98 Å². The molecule has 1 aromatic rings. The molecule has 10 heavy (non-hydrogen) atoms. The Morgan fingerprint density at radius 1 is 1.70 bits per heavy atom. The maximum absolute atomic E-state index is 10.9. The minimum absolute atomic E-state index is 0.0984. The van der Waals surface area contributed by atoms with Gasteiger partial charge in [-0.15, -0.1) is 6.42 Å². The second kappa shape index (κ2) is 2.40. The van der Waals surface area contributed by atoms with Crippen LogP contribution in [0.1, 0.15) is 11.3 Å². The van der Waals surface area contributed by atoms with Crippen molar-refractivity contribution in [3.63, 3.8) is 0 Å². The van der Waals surface area contributed by atoms with Crippen LogP contribution in [0.5, 0.6) is 0 Å². The highest BCUT2D eigenvalue weighted by atomic mass is 16.1. The lowest BCUT2D eigenvalue weighted by atomic mass is 10.2. The Morgan fingerprint density at radius 2 is 2.40 bits per heavy atom. The maximum atomic E-state index is 10.9. The van der Waals surface area contributed by atoms with Gasteiger partial charge in [-0.3, -0.25) is 4.79 Å². The van der Waals surface area contributed by atoms with Crippen LogP contribution in [-0.4, -0.2) is 4.98 Å². The van der Waals surface area contributed by atoms with E-state index in [1.165, 1.54) is 6.07 Å². The van der Waals surface area contributed by atoms with Crippen molar-refractivity contribution in [3.05, 3.63) is 33.7 Å². The summed E-state index contributed by atoms with van der Waals surface area (Å²) in [5.41, 5.74) is 1.07. The molecule has 0 aliphatic heterocycles. The van der Waals surface area contributed by atoms with Crippen LogP contribution in [0.25, 0.3) is 0 Å². The van der Waals surface area contributed by atoms with E-state index < -0.39 is 0 Å². The number of aromatic nitrogens is 1. The van der Waals surface area contributed by atoms with Gasteiger partial charge >= 0.3 is 0 Å². The minimum atomic E-state index is -0.0984. The summed E-state index contributed by atoms with van der Waals surface area (Å²) in [6, 6.07) is 1.42. The molecule has 0 saturated carbocycles. The average molecular weight is 133 g/mol. The predicted molar refractivity (Wildman–Crippen MR) is 39.7 cm³/mol. The van der Waals surface area contributed by atoms with Crippen LogP contribution < -0.4 is 5.43 Å². The molecule has 1 aromatic heterocycles. The molecule has 0 saturated heterocycles. The lowest BCUT2D eigenvalue weighted by Crippen LogP contribution is -2.06. The molecule has 0 bridgehead atoms. The zero-order chi connectivity index (χ0) is 7.56. The molecule has 1 rings (SSSR count). The van der Waals surface area contributed by atoms with Gasteiger partial charge in [-0.2, -0.15) is 0 Å². The monoisotopic (exact) mass is 133 g/mol. The lowest BCUT2D eigenvalue weighted by molar-refractivity contribution is 1.17. The van der Waals surface area contributed by atoms with E-state index in [1.54, 1.807) is 13.1 Å². The zero-order valence-corrected chi connectivity index (χ0v) is 5.64. The summed E-state index contributed by atoms with van der Waals surface area (Å²) in [5, 5.41) is 0. The van der Waals surface area contributed by atoms with Crippen LogP contribution in [0, 0.1) is 19.3 Å². The Kier molecular flexibility index (Phi) is 1.59. The van der Waals surface area contributed by atoms with E-state index in [0.29, 0.717) is 5.56 Å². The third kappa shape index (κ3) is 0.939. The molecule has 0 amide bonds. The van der Waals surface area contributed by atoms with Crippen LogP contribution in [0.3, 0.4) is 0 Å². The van der Waals surface area contributed by atoms with Crippen molar-refractivity contribution in [2.45, 2.75) is 6.92 Å². The van der Waals surface area contributed by atoms with Crippen LogP contribution >= 0.6 is 0 Å². The van der Waals surface area contributed by atoms with Gasteiger partial charge in [0.25, 0.3) is 0 Å². The second-order valence-electron chi connectivity index (χ2n) is 1.99. The quantitative estimate of drug-likeness (QED) is 0.518. The number of H-pyrrole nitrogens is 1. The standard InChI is InChI=1S/C8H7NO/c1-3-7-6(2)9-5-4-8(7)10/h1,4-5H,2H3,(H,9,10). The van der Waals surface area contributed by atoms with Crippen molar-refractivity contribution in [3.8, 4) is 12.3 Å². The van der Waals surface area contributed by atoms with Crippen LogP contribution in [0.15, 0.2) is 17.1 Å². The van der Waals surface area contributed by atoms with Gasteiger partial charge in [0.2, 0.25) is 0 Å². The van der Waals surface area contributed by atoms with Crippen molar-refractivity contribution in [2.24, 2.45) is 0 Å². The van der Waals surface area contributed by atoms with Gasteiger partial charge in [0.05, 0.1) is 5.56 Å². The molecule has 1 heterocycles. The van der Waals surface area contributed by atoms with Crippen molar-refractivity contribution in [1.29, 1.82) is 0 Å². The minimum Gasteiger partial charge on any atom is -0.364 e. The van der Waals surface area contributed by atoms with Crippen molar-refractivity contribution in [2.75, 3.05) is 0 Å². The van der Waals surface area contributed by atoms with E-state index in [9.17, 15) is 4.79 Å². The molecule has 0 aromatic carbocycles. The summed E-state index contributed by atoms with van der Waals surface area (Å²) < 4.78 is 0. The largest absolute Gasteiger partial charge is 0.364 e. The third-order valence-corrected chi connectivity index (χ3v) is 1.30. The molecule has 0 radical (unpaired) electrons. The van der Waals surface area contributed by atoms with E-state index in [4.69, 9.17) is 6.42 Å². The highest BCUT2D eigenvalue weighted by Gasteiger charge is 1.96. The molecule has 0 aliphatic rings. The first kappa shape index (κ1) is 6.63. The fourth-order valence-corrected chi connectivity index (χ4v) is 0.762. The summed E-state index contributed by atoms with van der Waals surface area (Å²) in [6.07, 6.45) is 6.66. The Bertz CT molecular complexity index is 330. The van der Waals surface area contributed by atoms with Crippen molar-refractivity contribution >= 4 is 0 Å². The first-order chi connectivity index (χ1) is 4.75. The second-order valence-corrected chi connectivity index (χ2v) is 1.99. The Balaban J connectivity index is 3.50. The molecule has 1 N–H and O–H groups in total. The molecule has 0 aliphatic carbocycles. The molecule has 0 atom stereocenters. The van der Waals surface area contributed by atoms with Crippen LogP contribution in [-0.2, 0) is 0 Å². The van der Waals surface area contributed by atoms with Gasteiger partial charge in [0, 0.05) is 18.0 Å². The summed E-state index contributed by atoms with van der Waals surface area (Å²) >= 11 is 0. The number of rotatable bonds is 0. The van der Waals surface area contributed by atoms with E-state index in [0.717, 1.165) is 5.69 Å². The number of nitrogens with one attached hydrogen (secondary N) is 1. The number of aryl methyl sites for hydroxylation is 1. The van der Waals surface area contributed by atoms with Gasteiger partial charge in [-0.25, -0.2) is 0 Å². The molecular formula is C8H7NO.